The summed E-state index contributed by atoms with van der Waals surface area (Å²) in [5.74, 6) is -0.763. The molecule has 2 rings (SSSR count). The van der Waals surface area contributed by atoms with Crippen molar-refractivity contribution in [2.75, 3.05) is 17.1 Å². The summed E-state index contributed by atoms with van der Waals surface area (Å²) in [6.07, 6.45) is 0.356. The van der Waals surface area contributed by atoms with Crippen molar-refractivity contribution in [2.45, 2.75) is 31.2 Å². The van der Waals surface area contributed by atoms with E-state index in [-0.39, 0.29) is 27.9 Å². The highest BCUT2D eigenvalue weighted by molar-refractivity contribution is 7.92. The molecule has 2 aromatic carbocycles. The summed E-state index contributed by atoms with van der Waals surface area (Å²) in [4.78, 5) is 23.7. The fraction of sp³-hybridized carbons (Fsp3) is 0.300. The number of carbonyl (C=O) groups excluding carboxylic acids is 2. The van der Waals surface area contributed by atoms with Crippen LogP contribution in [0, 0.1) is 11.7 Å². The topological polar surface area (TPSA) is 140 Å². The minimum atomic E-state index is -4.04. The highest BCUT2D eigenvalue weighted by Crippen LogP contribution is 2.30. The maximum Gasteiger partial charge on any atom is 0.312 e. The molecule has 0 aliphatic carbocycles. The van der Waals surface area contributed by atoms with Crippen LogP contribution >= 0.6 is 0 Å². The second kappa shape index (κ2) is 10.1. The lowest BCUT2D eigenvalue weighted by molar-refractivity contribution is -0.118. The summed E-state index contributed by atoms with van der Waals surface area (Å²) in [7, 11) is -2.68. The van der Waals surface area contributed by atoms with E-state index in [9.17, 15) is 22.4 Å². The van der Waals surface area contributed by atoms with Crippen molar-refractivity contribution in [3.8, 4) is 5.75 Å². The van der Waals surface area contributed by atoms with E-state index in [0.717, 1.165) is 24.3 Å². The first-order chi connectivity index (χ1) is 14.5. The van der Waals surface area contributed by atoms with E-state index >= 15 is 0 Å². The molecule has 0 aromatic heterocycles. The second-order valence-corrected chi connectivity index (χ2v) is 8.84. The average Bonchev–Trinajstić information content (AvgIpc) is 2.67. The third-order valence-electron chi connectivity index (χ3n) is 4.18. The quantitative estimate of drug-likeness (QED) is 0.463. The van der Waals surface area contributed by atoms with Gasteiger partial charge in [0.25, 0.3) is 10.0 Å². The average molecular weight is 453 g/mol. The van der Waals surface area contributed by atoms with E-state index in [2.05, 4.69) is 15.4 Å². The summed E-state index contributed by atoms with van der Waals surface area (Å²) in [6.45, 7) is 3.78. The van der Waals surface area contributed by atoms with E-state index in [0.29, 0.717) is 6.42 Å². The summed E-state index contributed by atoms with van der Waals surface area (Å²) in [5.41, 5.74) is 5.48. The molecule has 0 fully saturated rings. The molecule has 0 aliphatic rings. The van der Waals surface area contributed by atoms with Crippen molar-refractivity contribution in [3.05, 3.63) is 48.3 Å². The van der Waals surface area contributed by atoms with E-state index in [1.54, 1.807) is 0 Å². The molecule has 0 radical (unpaired) electrons. The normalized spacial score (nSPS) is 12.2. The number of ether oxygens (including phenoxy) is 1. The fourth-order valence-electron chi connectivity index (χ4n) is 2.79. The zero-order chi connectivity index (χ0) is 23.2. The van der Waals surface area contributed by atoms with Gasteiger partial charge in [0.2, 0.25) is 5.91 Å². The van der Waals surface area contributed by atoms with Crippen LogP contribution in [0.1, 0.15) is 20.3 Å². The highest BCUT2D eigenvalue weighted by atomic mass is 32.2. The molecule has 9 nitrogen and oxygen atoms in total. The Labute approximate surface area is 180 Å². The molecule has 0 aliphatic heterocycles. The van der Waals surface area contributed by atoms with Gasteiger partial charge in [-0.2, -0.15) is 0 Å². The van der Waals surface area contributed by atoms with Gasteiger partial charge in [0.05, 0.1) is 17.7 Å². The molecule has 11 heteroatoms. The molecule has 3 amide bonds. The number of hydrogen-bond donors (Lipinski definition) is 4. The number of methoxy groups -OCH3 is 1. The lowest BCUT2D eigenvalue weighted by atomic mass is 10.0. The number of amides is 3. The lowest BCUT2D eigenvalue weighted by Crippen LogP contribution is -2.46. The molecule has 168 valence electrons. The Morgan fingerprint density at radius 2 is 1.77 bits per heavy atom. The molecule has 0 heterocycles. The fourth-order valence-corrected chi connectivity index (χ4v) is 3.85. The first kappa shape index (κ1) is 23.9. The number of nitrogens with one attached hydrogen (secondary N) is 3. The maximum absolute atomic E-state index is 13.1. The Balaban J connectivity index is 2.27. The number of sulfonamides is 1. The summed E-state index contributed by atoms with van der Waals surface area (Å²) in [6, 6.07) is 6.98. The van der Waals surface area contributed by atoms with Crippen LogP contribution in [-0.4, -0.2) is 33.5 Å². The predicted molar refractivity (Wildman–Crippen MR) is 115 cm³/mol. The lowest BCUT2D eigenvalue weighted by Gasteiger charge is -2.20. The zero-order valence-corrected chi connectivity index (χ0v) is 18.1. The molecule has 0 bridgehead atoms. The Morgan fingerprint density at radius 3 is 2.32 bits per heavy atom. The van der Waals surface area contributed by atoms with Crippen molar-refractivity contribution in [1.29, 1.82) is 0 Å². The van der Waals surface area contributed by atoms with E-state index in [1.807, 2.05) is 13.8 Å². The monoisotopic (exact) mass is 452 g/mol. The van der Waals surface area contributed by atoms with Crippen LogP contribution in [0.3, 0.4) is 0 Å². The third-order valence-corrected chi connectivity index (χ3v) is 5.56. The number of hydrogen-bond acceptors (Lipinski definition) is 5. The van der Waals surface area contributed by atoms with Crippen molar-refractivity contribution in [3.63, 3.8) is 0 Å². The molecule has 1 atom stereocenters. The number of halogens is 1. The molecule has 1 unspecified atom stereocenters. The van der Waals surface area contributed by atoms with Crippen LogP contribution in [0.15, 0.2) is 47.4 Å². The molecular weight excluding hydrogens is 427 g/mol. The van der Waals surface area contributed by atoms with Gasteiger partial charge in [0, 0.05) is 5.69 Å². The van der Waals surface area contributed by atoms with Crippen LogP contribution < -0.4 is 25.8 Å². The molecule has 31 heavy (non-hydrogen) atoms. The van der Waals surface area contributed by atoms with Crippen molar-refractivity contribution in [2.24, 2.45) is 11.7 Å². The van der Waals surface area contributed by atoms with Gasteiger partial charge >= 0.3 is 6.03 Å². The molecule has 2 aromatic rings. The maximum atomic E-state index is 13.1. The van der Waals surface area contributed by atoms with Crippen LogP contribution in [-0.2, 0) is 14.8 Å². The second-order valence-electron chi connectivity index (χ2n) is 7.15. The van der Waals surface area contributed by atoms with Gasteiger partial charge in [-0.05, 0) is 54.8 Å². The molecule has 0 saturated carbocycles. The standard InChI is InChI=1S/C20H25FN4O5S/c1-12(2)10-17(24-20(22)27)19(26)23-14-6-9-18(30-3)16(11-14)25-31(28,29)15-7-4-13(21)5-8-15/h4-9,11-12,17,25H,10H2,1-3H3,(H,23,26)(H3,22,24,27). The minimum absolute atomic E-state index is 0.0629. The zero-order valence-electron chi connectivity index (χ0n) is 17.3. The van der Waals surface area contributed by atoms with Gasteiger partial charge in [0.1, 0.15) is 17.6 Å². The van der Waals surface area contributed by atoms with Crippen LogP contribution in [0.25, 0.3) is 0 Å². The van der Waals surface area contributed by atoms with Crippen molar-refractivity contribution < 1.29 is 27.1 Å². The van der Waals surface area contributed by atoms with Gasteiger partial charge < -0.3 is 21.1 Å². The van der Waals surface area contributed by atoms with Crippen LogP contribution in [0.2, 0.25) is 0 Å². The predicted octanol–water partition coefficient (Wildman–Crippen LogP) is 2.66. The molecular formula is C20H25FN4O5S. The third kappa shape index (κ3) is 6.85. The largest absolute Gasteiger partial charge is 0.495 e. The first-order valence-electron chi connectivity index (χ1n) is 9.35. The molecule has 0 spiro atoms. The van der Waals surface area contributed by atoms with E-state index in [1.165, 1.54) is 25.3 Å². The van der Waals surface area contributed by atoms with Gasteiger partial charge in [-0.15, -0.1) is 0 Å². The van der Waals surface area contributed by atoms with E-state index in [4.69, 9.17) is 10.5 Å². The van der Waals surface area contributed by atoms with Crippen molar-refractivity contribution in [1.82, 2.24) is 5.32 Å². The first-order valence-corrected chi connectivity index (χ1v) is 10.8. The van der Waals surface area contributed by atoms with E-state index < -0.39 is 33.8 Å². The van der Waals surface area contributed by atoms with Gasteiger partial charge in [-0.1, -0.05) is 13.8 Å². The summed E-state index contributed by atoms with van der Waals surface area (Å²) < 4.78 is 45.9. The Morgan fingerprint density at radius 1 is 1.13 bits per heavy atom. The summed E-state index contributed by atoms with van der Waals surface area (Å²) >= 11 is 0. The SMILES string of the molecule is COc1ccc(NC(=O)C(CC(C)C)NC(N)=O)cc1NS(=O)(=O)c1ccc(F)cc1. The number of nitrogens with two attached hydrogens (primary N) is 1. The number of urea groups is 1. The number of primary amides is 1. The van der Waals surface area contributed by atoms with Gasteiger partial charge in [-0.3, -0.25) is 9.52 Å². The molecule has 5 N–H and O–H groups in total. The Bertz CT molecular complexity index is 1040. The minimum Gasteiger partial charge on any atom is -0.495 e. The van der Waals surface area contributed by atoms with Crippen molar-refractivity contribution >= 4 is 33.3 Å². The highest BCUT2D eigenvalue weighted by Gasteiger charge is 2.22. The summed E-state index contributed by atoms with van der Waals surface area (Å²) in [5, 5.41) is 5.02. The number of rotatable bonds is 9. The smallest absolute Gasteiger partial charge is 0.312 e. The number of benzene rings is 2. The van der Waals surface area contributed by atoms with Gasteiger partial charge in [0.15, 0.2) is 0 Å². The van der Waals surface area contributed by atoms with Crippen LogP contribution in [0.5, 0.6) is 5.75 Å². The Hall–Kier alpha value is -3.34. The molecule has 0 saturated heterocycles. The Kier molecular flexibility index (Phi) is 7.81. The van der Waals surface area contributed by atoms with Gasteiger partial charge in [-0.25, -0.2) is 17.6 Å². The number of anilines is 2. The van der Waals surface area contributed by atoms with Crippen LogP contribution in [0.4, 0.5) is 20.6 Å². The number of carbonyl (C=O) groups is 2.